The van der Waals surface area contributed by atoms with Crippen LogP contribution in [0.4, 0.5) is 0 Å². The predicted octanol–water partition coefficient (Wildman–Crippen LogP) is 3.84. The van der Waals surface area contributed by atoms with Crippen LogP contribution in [-0.4, -0.2) is 37.8 Å². The van der Waals surface area contributed by atoms with Crippen LogP contribution in [0.1, 0.15) is 41.0 Å². The number of nitrogens with zero attached hydrogens (tertiary/aromatic N) is 3. The van der Waals surface area contributed by atoms with Crippen molar-refractivity contribution in [1.82, 2.24) is 19.8 Å². The van der Waals surface area contributed by atoms with Crippen molar-refractivity contribution in [3.63, 3.8) is 0 Å². The molecule has 29 heavy (non-hydrogen) atoms. The molecule has 0 saturated carbocycles. The van der Waals surface area contributed by atoms with E-state index < -0.39 is 0 Å². The zero-order chi connectivity index (χ0) is 20.4. The highest BCUT2D eigenvalue weighted by Gasteiger charge is 2.40. The van der Waals surface area contributed by atoms with Crippen LogP contribution in [0, 0.1) is 13.8 Å². The van der Waals surface area contributed by atoms with Crippen LogP contribution in [0.3, 0.4) is 0 Å². The van der Waals surface area contributed by atoms with E-state index in [1.165, 1.54) is 11.1 Å². The fourth-order valence-electron chi connectivity index (χ4n) is 3.95. The van der Waals surface area contributed by atoms with Crippen LogP contribution in [0.25, 0.3) is 5.69 Å². The van der Waals surface area contributed by atoms with E-state index in [2.05, 4.69) is 70.1 Å². The van der Waals surface area contributed by atoms with Gasteiger partial charge in [-0.25, -0.2) is 0 Å². The molecule has 0 amide bonds. The maximum atomic E-state index is 9.39. The summed E-state index contributed by atoms with van der Waals surface area (Å²) in [5.74, 6) is 0. The highest BCUT2D eigenvalue weighted by atomic mass is 32.1. The molecular weight excluding hydrogens is 380 g/mol. The summed E-state index contributed by atoms with van der Waals surface area (Å²) in [6.45, 7) is 5.09. The van der Waals surface area contributed by atoms with Gasteiger partial charge in [0.2, 0.25) is 0 Å². The van der Waals surface area contributed by atoms with Gasteiger partial charge < -0.3 is 19.9 Å². The average molecular weight is 407 g/mol. The van der Waals surface area contributed by atoms with E-state index >= 15 is 0 Å². The monoisotopic (exact) mass is 406 g/mol. The Balaban J connectivity index is 1.79. The highest BCUT2D eigenvalue weighted by molar-refractivity contribution is 7.80. The molecule has 2 atom stereocenters. The number of aliphatic hydroxyl groups excluding tert-OH is 1. The van der Waals surface area contributed by atoms with E-state index in [1.807, 2.05) is 24.4 Å². The summed E-state index contributed by atoms with van der Waals surface area (Å²) in [4.78, 5) is 6.77. The van der Waals surface area contributed by atoms with E-state index in [9.17, 15) is 5.11 Å². The van der Waals surface area contributed by atoms with Crippen molar-refractivity contribution in [2.75, 3.05) is 13.2 Å². The molecule has 3 aromatic rings. The fraction of sp³-hybridized carbons (Fsp3) is 0.304. The number of thiocarbonyl (C=S) groups is 1. The lowest BCUT2D eigenvalue weighted by molar-refractivity contribution is 0.245. The minimum absolute atomic E-state index is 0.0134. The fourth-order valence-corrected chi connectivity index (χ4v) is 4.29. The standard InChI is InChI=1S/C23H26N4OS/c1-16-9-10-18(15-17(16)2)26-12-5-8-20(26)22-21(19-7-3-4-11-24-19)25-23(29)27(22)13-6-14-28/h3-5,7-12,15,21-22,28H,6,13-14H2,1-2H3,(H,25,29)/t21-,22-/m1/s1. The highest BCUT2D eigenvalue weighted by Crippen LogP contribution is 2.39. The molecule has 0 unspecified atom stereocenters. The maximum absolute atomic E-state index is 9.39. The smallest absolute Gasteiger partial charge is 0.170 e. The Morgan fingerprint density at radius 1 is 1.10 bits per heavy atom. The predicted molar refractivity (Wildman–Crippen MR) is 119 cm³/mol. The first kappa shape index (κ1) is 19.6. The molecule has 6 heteroatoms. The van der Waals surface area contributed by atoms with Gasteiger partial charge in [-0.15, -0.1) is 0 Å². The first-order valence-electron chi connectivity index (χ1n) is 9.94. The molecule has 1 fully saturated rings. The molecule has 1 aromatic carbocycles. The lowest BCUT2D eigenvalue weighted by Gasteiger charge is -2.29. The van der Waals surface area contributed by atoms with E-state index in [-0.39, 0.29) is 18.7 Å². The van der Waals surface area contributed by atoms with Gasteiger partial charge in [0.05, 0.1) is 17.8 Å². The average Bonchev–Trinajstić information content (AvgIpc) is 3.33. The summed E-state index contributed by atoms with van der Waals surface area (Å²) in [5.41, 5.74) is 5.78. The van der Waals surface area contributed by atoms with Crippen LogP contribution >= 0.6 is 12.2 Å². The topological polar surface area (TPSA) is 53.3 Å². The van der Waals surface area contributed by atoms with Gasteiger partial charge in [0.1, 0.15) is 0 Å². The summed E-state index contributed by atoms with van der Waals surface area (Å²) < 4.78 is 2.23. The second-order valence-corrected chi connectivity index (χ2v) is 7.86. The molecule has 1 saturated heterocycles. The van der Waals surface area contributed by atoms with Crippen molar-refractivity contribution >= 4 is 17.3 Å². The van der Waals surface area contributed by atoms with Gasteiger partial charge in [-0.2, -0.15) is 0 Å². The number of pyridine rings is 1. The van der Waals surface area contributed by atoms with Gasteiger partial charge in [-0.1, -0.05) is 12.1 Å². The molecule has 2 aromatic heterocycles. The lowest BCUT2D eigenvalue weighted by Crippen LogP contribution is -2.31. The zero-order valence-corrected chi connectivity index (χ0v) is 17.6. The van der Waals surface area contributed by atoms with E-state index in [0.717, 1.165) is 17.1 Å². The number of aryl methyl sites for hydroxylation is 2. The Labute approximate surface area is 177 Å². The summed E-state index contributed by atoms with van der Waals surface area (Å²) in [5, 5.41) is 13.6. The van der Waals surface area contributed by atoms with Crippen molar-refractivity contribution < 1.29 is 5.11 Å². The quantitative estimate of drug-likeness (QED) is 0.609. The Hall–Kier alpha value is -2.70. The Morgan fingerprint density at radius 3 is 2.69 bits per heavy atom. The van der Waals surface area contributed by atoms with Crippen molar-refractivity contribution in [1.29, 1.82) is 0 Å². The summed E-state index contributed by atoms with van der Waals surface area (Å²) in [6, 6.07) is 16.6. The molecule has 1 aliphatic heterocycles. The van der Waals surface area contributed by atoms with Gasteiger partial charge in [0.25, 0.3) is 0 Å². The SMILES string of the molecule is Cc1ccc(-n2cccc2[C@@H]2[C@@H](c3ccccn3)NC(=S)N2CCCO)cc1C. The first-order chi connectivity index (χ1) is 14.1. The van der Waals surface area contributed by atoms with Crippen molar-refractivity contribution in [3.8, 4) is 5.69 Å². The van der Waals surface area contributed by atoms with Crippen LogP contribution in [0.2, 0.25) is 0 Å². The number of hydrogen-bond acceptors (Lipinski definition) is 3. The molecule has 0 radical (unpaired) electrons. The van der Waals surface area contributed by atoms with Gasteiger partial charge in [-0.3, -0.25) is 4.98 Å². The molecule has 2 N–H and O–H groups in total. The van der Waals surface area contributed by atoms with Crippen LogP contribution in [-0.2, 0) is 0 Å². The van der Waals surface area contributed by atoms with Gasteiger partial charge >= 0.3 is 0 Å². The van der Waals surface area contributed by atoms with Crippen molar-refractivity contribution in [3.05, 3.63) is 83.4 Å². The normalized spacial score (nSPS) is 18.9. The summed E-state index contributed by atoms with van der Waals surface area (Å²) >= 11 is 5.68. The lowest BCUT2D eigenvalue weighted by atomic mass is 10.0. The van der Waals surface area contributed by atoms with Crippen molar-refractivity contribution in [2.24, 2.45) is 0 Å². The number of aliphatic hydroxyl groups is 1. The molecule has 4 rings (SSSR count). The zero-order valence-electron chi connectivity index (χ0n) is 16.7. The second-order valence-electron chi connectivity index (χ2n) is 7.47. The minimum Gasteiger partial charge on any atom is -0.396 e. The summed E-state index contributed by atoms with van der Waals surface area (Å²) in [6.07, 6.45) is 4.58. The Kier molecular flexibility index (Phi) is 5.65. The third kappa shape index (κ3) is 3.78. The van der Waals surface area contributed by atoms with Crippen LogP contribution in [0.5, 0.6) is 0 Å². The molecule has 0 aliphatic carbocycles. The van der Waals surface area contributed by atoms with Gasteiger partial charge in [0, 0.05) is 36.9 Å². The third-order valence-corrected chi connectivity index (χ3v) is 5.96. The molecule has 3 heterocycles. The van der Waals surface area contributed by atoms with Gasteiger partial charge in [-0.05, 0) is 80.0 Å². The third-order valence-electron chi connectivity index (χ3n) is 5.61. The van der Waals surface area contributed by atoms with E-state index in [4.69, 9.17) is 12.2 Å². The Morgan fingerprint density at radius 2 is 1.97 bits per heavy atom. The molecular formula is C23H26N4OS. The molecule has 5 nitrogen and oxygen atoms in total. The number of hydrogen-bond donors (Lipinski definition) is 2. The largest absolute Gasteiger partial charge is 0.396 e. The number of nitrogens with one attached hydrogen (secondary N) is 1. The molecule has 1 aliphatic rings. The second kappa shape index (κ2) is 8.35. The number of rotatable bonds is 6. The van der Waals surface area contributed by atoms with E-state index in [1.54, 1.807) is 0 Å². The van der Waals surface area contributed by atoms with E-state index in [0.29, 0.717) is 18.1 Å². The van der Waals surface area contributed by atoms with Crippen LogP contribution < -0.4 is 5.32 Å². The Bertz CT molecular complexity index is 1000. The molecule has 150 valence electrons. The number of aromatic nitrogens is 2. The molecule has 0 bridgehead atoms. The summed E-state index contributed by atoms with van der Waals surface area (Å²) in [7, 11) is 0. The minimum atomic E-state index is -0.0532. The first-order valence-corrected chi connectivity index (χ1v) is 10.3. The van der Waals surface area contributed by atoms with Crippen molar-refractivity contribution in [2.45, 2.75) is 32.4 Å². The number of benzene rings is 1. The molecule has 0 spiro atoms. The van der Waals surface area contributed by atoms with Gasteiger partial charge in [0.15, 0.2) is 5.11 Å². The maximum Gasteiger partial charge on any atom is 0.170 e. The van der Waals surface area contributed by atoms with Crippen LogP contribution in [0.15, 0.2) is 60.9 Å².